The summed E-state index contributed by atoms with van der Waals surface area (Å²) in [4.78, 5) is 18.5. The lowest BCUT2D eigenvalue weighted by Gasteiger charge is -2.26. The minimum absolute atomic E-state index is 0.0725. The summed E-state index contributed by atoms with van der Waals surface area (Å²) >= 11 is 6.30. The van der Waals surface area contributed by atoms with Crippen LogP contribution in [0.3, 0.4) is 0 Å². The van der Waals surface area contributed by atoms with E-state index >= 15 is 0 Å². The molecule has 1 saturated heterocycles. The van der Waals surface area contributed by atoms with Crippen LogP contribution in [0.5, 0.6) is 0 Å². The van der Waals surface area contributed by atoms with Gasteiger partial charge in [0.15, 0.2) is 0 Å². The highest BCUT2D eigenvalue weighted by atomic mass is 35.5. The van der Waals surface area contributed by atoms with E-state index in [0.717, 1.165) is 5.82 Å². The van der Waals surface area contributed by atoms with E-state index in [0.29, 0.717) is 49.3 Å². The van der Waals surface area contributed by atoms with Gasteiger partial charge in [-0.2, -0.15) is 0 Å². The molecule has 1 aliphatic rings. The predicted molar refractivity (Wildman–Crippen MR) is 93.9 cm³/mol. The quantitative estimate of drug-likeness (QED) is 0.866. The number of amides is 1. The lowest BCUT2D eigenvalue weighted by Crippen LogP contribution is -2.40. The van der Waals surface area contributed by atoms with Crippen molar-refractivity contribution in [1.82, 2.24) is 24.6 Å². The molecule has 1 atom stereocenters. The maximum Gasteiger partial charge on any atom is 0.255 e. The zero-order valence-corrected chi connectivity index (χ0v) is 15.0. The molecule has 3 rings (SSSR count). The smallest absolute Gasteiger partial charge is 0.255 e. The number of carbonyl (C=O) groups is 1. The summed E-state index contributed by atoms with van der Waals surface area (Å²) in [6.45, 7) is 4.95. The fraction of sp³-hybridized carbons (Fsp3) is 0.500. The molecule has 0 radical (unpaired) electrons. The Balaban J connectivity index is 1.63. The van der Waals surface area contributed by atoms with Crippen LogP contribution in [-0.2, 0) is 11.8 Å². The van der Waals surface area contributed by atoms with Crippen LogP contribution in [0.2, 0.25) is 5.02 Å². The van der Waals surface area contributed by atoms with Gasteiger partial charge in [-0.3, -0.25) is 4.79 Å². The number of nitrogens with zero attached hydrogens (tertiary/aromatic N) is 5. The first kappa shape index (κ1) is 17.6. The second-order valence-electron chi connectivity index (χ2n) is 6.04. The van der Waals surface area contributed by atoms with E-state index in [4.69, 9.17) is 16.3 Å². The number of aromatic nitrogens is 4. The lowest BCUT2D eigenvalue weighted by atomic mass is 10.1. The number of carbonyl (C=O) groups excluding carboxylic acids is 1. The molecule has 0 aliphatic carbocycles. The highest BCUT2D eigenvalue weighted by Crippen LogP contribution is 2.22. The molecular weight excluding hydrogens is 344 g/mol. The van der Waals surface area contributed by atoms with Gasteiger partial charge in [0.1, 0.15) is 18.0 Å². The van der Waals surface area contributed by atoms with Crippen molar-refractivity contribution in [2.45, 2.75) is 12.8 Å². The van der Waals surface area contributed by atoms with Gasteiger partial charge < -0.3 is 19.5 Å². The summed E-state index contributed by atoms with van der Waals surface area (Å²) in [7, 11) is 1.91. The Morgan fingerprint density at radius 2 is 2.20 bits per heavy atom. The fourth-order valence-electron chi connectivity index (χ4n) is 2.71. The van der Waals surface area contributed by atoms with Crippen LogP contribution >= 0.6 is 11.6 Å². The lowest BCUT2D eigenvalue weighted by molar-refractivity contribution is 0.0302. The zero-order valence-electron chi connectivity index (χ0n) is 14.3. The standard InChI is InChI=1S/C16H21ClN6O2/c1-11(15-21-20-10-22(15)2)8-18-14-13(17)7-12(9-19-14)16(24)23-3-5-25-6-4-23/h7,9-11H,3-6,8H2,1-2H3,(H,18,19)/t11-/m0/s1. The molecule has 1 aliphatic heterocycles. The van der Waals surface area contributed by atoms with Gasteiger partial charge in [0.2, 0.25) is 0 Å². The zero-order chi connectivity index (χ0) is 17.8. The van der Waals surface area contributed by atoms with E-state index in [1.165, 1.54) is 0 Å². The Bertz CT molecular complexity index is 744. The highest BCUT2D eigenvalue weighted by Gasteiger charge is 2.20. The van der Waals surface area contributed by atoms with Crippen molar-refractivity contribution >= 4 is 23.3 Å². The number of nitrogens with one attached hydrogen (secondary N) is 1. The normalized spacial score (nSPS) is 15.9. The summed E-state index contributed by atoms with van der Waals surface area (Å²) in [5.74, 6) is 1.49. The number of hydrogen-bond donors (Lipinski definition) is 1. The average molecular weight is 365 g/mol. The number of halogens is 1. The molecule has 134 valence electrons. The van der Waals surface area contributed by atoms with Gasteiger partial charge in [-0.05, 0) is 6.07 Å². The second-order valence-corrected chi connectivity index (χ2v) is 6.45. The third-order valence-corrected chi connectivity index (χ3v) is 4.44. The number of ether oxygens (including phenoxy) is 1. The highest BCUT2D eigenvalue weighted by molar-refractivity contribution is 6.33. The Morgan fingerprint density at radius 1 is 1.44 bits per heavy atom. The summed E-state index contributed by atoms with van der Waals surface area (Å²) in [5, 5.41) is 11.6. The summed E-state index contributed by atoms with van der Waals surface area (Å²) in [5.41, 5.74) is 0.485. The molecule has 2 aromatic rings. The Labute approximate surface area is 151 Å². The maximum absolute atomic E-state index is 12.5. The number of aryl methyl sites for hydroxylation is 1. The molecule has 1 N–H and O–H groups in total. The van der Waals surface area contributed by atoms with Gasteiger partial charge in [-0.15, -0.1) is 10.2 Å². The topological polar surface area (TPSA) is 85.2 Å². The van der Waals surface area contributed by atoms with Crippen LogP contribution in [0.15, 0.2) is 18.6 Å². The third kappa shape index (κ3) is 4.08. The molecule has 0 aromatic carbocycles. The molecule has 9 heteroatoms. The summed E-state index contributed by atoms with van der Waals surface area (Å²) in [6, 6.07) is 1.65. The van der Waals surface area contributed by atoms with Crippen LogP contribution in [0, 0.1) is 0 Å². The first-order chi connectivity index (χ1) is 12.1. The van der Waals surface area contributed by atoms with Crippen LogP contribution in [-0.4, -0.2) is 63.4 Å². The molecule has 8 nitrogen and oxygen atoms in total. The number of morpholine rings is 1. The van der Waals surface area contributed by atoms with E-state index in [9.17, 15) is 4.79 Å². The Kier molecular flexibility index (Phi) is 5.50. The number of anilines is 1. The third-order valence-electron chi connectivity index (χ3n) is 4.15. The van der Waals surface area contributed by atoms with Crippen molar-refractivity contribution in [3.63, 3.8) is 0 Å². The fourth-order valence-corrected chi connectivity index (χ4v) is 2.95. The van der Waals surface area contributed by atoms with Crippen molar-refractivity contribution in [2.75, 3.05) is 38.2 Å². The maximum atomic E-state index is 12.5. The van der Waals surface area contributed by atoms with E-state index in [1.807, 2.05) is 18.5 Å². The van der Waals surface area contributed by atoms with Crippen molar-refractivity contribution < 1.29 is 9.53 Å². The minimum Gasteiger partial charge on any atom is -0.378 e. The molecule has 0 saturated carbocycles. The van der Waals surface area contributed by atoms with E-state index < -0.39 is 0 Å². The second kappa shape index (κ2) is 7.79. The van der Waals surface area contributed by atoms with Gasteiger partial charge in [0.05, 0.1) is 23.8 Å². The molecule has 0 unspecified atom stereocenters. The molecule has 1 fully saturated rings. The van der Waals surface area contributed by atoms with Crippen molar-refractivity contribution in [3.05, 3.63) is 35.0 Å². The van der Waals surface area contributed by atoms with E-state index in [1.54, 1.807) is 23.5 Å². The van der Waals surface area contributed by atoms with Gasteiger partial charge in [0.25, 0.3) is 5.91 Å². The SMILES string of the molecule is C[C@@H](CNc1ncc(C(=O)N2CCOCC2)cc1Cl)c1nncn1C. The molecule has 3 heterocycles. The van der Waals surface area contributed by atoms with Gasteiger partial charge in [-0.1, -0.05) is 18.5 Å². The molecule has 2 aromatic heterocycles. The number of rotatable bonds is 5. The van der Waals surface area contributed by atoms with E-state index in [-0.39, 0.29) is 11.8 Å². The summed E-state index contributed by atoms with van der Waals surface area (Å²) < 4.78 is 7.15. The Morgan fingerprint density at radius 3 is 2.84 bits per heavy atom. The van der Waals surface area contributed by atoms with Crippen molar-refractivity contribution in [3.8, 4) is 0 Å². The van der Waals surface area contributed by atoms with Gasteiger partial charge >= 0.3 is 0 Å². The van der Waals surface area contributed by atoms with Crippen molar-refractivity contribution in [1.29, 1.82) is 0 Å². The van der Waals surface area contributed by atoms with Crippen LogP contribution in [0.4, 0.5) is 5.82 Å². The van der Waals surface area contributed by atoms with Crippen LogP contribution < -0.4 is 5.32 Å². The molecular formula is C16H21ClN6O2. The average Bonchev–Trinajstić information content (AvgIpc) is 3.06. The number of hydrogen-bond acceptors (Lipinski definition) is 6. The number of pyridine rings is 1. The van der Waals surface area contributed by atoms with Gasteiger partial charge in [0, 0.05) is 38.8 Å². The first-order valence-electron chi connectivity index (χ1n) is 8.16. The first-order valence-corrected chi connectivity index (χ1v) is 8.54. The van der Waals surface area contributed by atoms with Crippen molar-refractivity contribution in [2.24, 2.45) is 7.05 Å². The predicted octanol–water partition coefficient (Wildman–Crippen LogP) is 1.55. The largest absolute Gasteiger partial charge is 0.378 e. The summed E-state index contributed by atoms with van der Waals surface area (Å²) in [6.07, 6.45) is 3.22. The molecule has 0 bridgehead atoms. The molecule has 0 spiro atoms. The van der Waals surface area contributed by atoms with Crippen LogP contribution in [0.25, 0.3) is 0 Å². The molecule has 25 heavy (non-hydrogen) atoms. The van der Waals surface area contributed by atoms with E-state index in [2.05, 4.69) is 20.5 Å². The van der Waals surface area contributed by atoms with Crippen LogP contribution in [0.1, 0.15) is 29.0 Å². The molecule has 1 amide bonds. The Hall–Kier alpha value is -2.19. The monoisotopic (exact) mass is 364 g/mol. The minimum atomic E-state index is -0.0725. The van der Waals surface area contributed by atoms with Gasteiger partial charge in [-0.25, -0.2) is 4.98 Å².